The van der Waals surface area contributed by atoms with Crippen LogP contribution in [0.5, 0.6) is 0 Å². The van der Waals surface area contributed by atoms with Crippen molar-refractivity contribution in [2.45, 2.75) is 6.92 Å². The molecule has 0 unspecified atom stereocenters. The van der Waals surface area contributed by atoms with E-state index >= 15 is 0 Å². The molecule has 0 amide bonds. The molecule has 0 atom stereocenters. The third-order valence-corrected chi connectivity index (χ3v) is 4.84. The van der Waals surface area contributed by atoms with Gasteiger partial charge < -0.3 is 0 Å². The summed E-state index contributed by atoms with van der Waals surface area (Å²) in [5.74, 6) is 0. The van der Waals surface area contributed by atoms with E-state index in [2.05, 4.69) is 19.7 Å². The van der Waals surface area contributed by atoms with E-state index in [0.717, 1.165) is 44.6 Å². The smallest absolute Gasteiger partial charge is 0.194 e. The van der Waals surface area contributed by atoms with Crippen LogP contribution in [0.3, 0.4) is 0 Å². The Morgan fingerprint density at radius 3 is 2.80 bits per heavy atom. The zero-order valence-electron chi connectivity index (χ0n) is 13.6. The Balaban J connectivity index is 1.82. The first-order chi connectivity index (χ1) is 12.2. The van der Waals surface area contributed by atoms with Gasteiger partial charge in [0.25, 0.3) is 0 Å². The zero-order chi connectivity index (χ0) is 17.0. The van der Waals surface area contributed by atoms with Crippen molar-refractivity contribution >= 4 is 27.5 Å². The molecule has 8 heteroatoms. The van der Waals surface area contributed by atoms with Crippen molar-refractivity contribution in [2.75, 3.05) is 0 Å². The summed E-state index contributed by atoms with van der Waals surface area (Å²) in [5.41, 5.74) is 5.89. The minimum absolute atomic E-state index is 0.742. The Labute approximate surface area is 146 Å². The summed E-state index contributed by atoms with van der Waals surface area (Å²) >= 11 is 1.59. The quantitative estimate of drug-likeness (QED) is 0.490. The Morgan fingerprint density at radius 1 is 1.00 bits per heavy atom. The standard InChI is InChI=1S/C17H13N7S/c1-10-4-3-5-11(18-10)14-15(24-8-9-25-17(24)20-14)12-6-7-13-16(19-12)23(2)22-21-13/h3-9H,1-2H3. The van der Waals surface area contributed by atoms with Crippen molar-refractivity contribution in [1.82, 2.24) is 34.3 Å². The van der Waals surface area contributed by atoms with Gasteiger partial charge in [0.15, 0.2) is 10.6 Å². The van der Waals surface area contributed by atoms with Gasteiger partial charge in [0, 0.05) is 24.3 Å². The molecule has 0 fully saturated rings. The predicted molar refractivity (Wildman–Crippen MR) is 96.3 cm³/mol. The highest BCUT2D eigenvalue weighted by molar-refractivity contribution is 7.15. The number of nitrogens with zero attached hydrogens (tertiary/aromatic N) is 7. The highest BCUT2D eigenvalue weighted by Gasteiger charge is 2.19. The fourth-order valence-electron chi connectivity index (χ4n) is 2.93. The Kier molecular flexibility index (Phi) is 2.95. The van der Waals surface area contributed by atoms with Crippen LogP contribution in [-0.2, 0) is 7.05 Å². The van der Waals surface area contributed by atoms with Gasteiger partial charge >= 0.3 is 0 Å². The maximum absolute atomic E-state index is 4.79. The maximum Gasteiger partial charge on any atom is 0.194 e. The lowest BCUT2D eigenvalue weighted by Gasteiger charge is -2.05. The van der Waals surface area contributed by atoms with Gasteiger partial charge in [-0.2, -0.15) is 0 Å². The molecule has 122 valence electrons. The number of hydrogen-bond acceptors (Lipinski definition) is 6. The highest BCUT2D eigenvalue weighted by Crippen LogP contribution is 2.33. The number of hydrogen-bond donors (Lipinski definition) is 0. The van der Waals surface area contributed by atoms with Crippen LogP contribution in [0.15, 0.2) is 41.9 Å². The first-order valence-corrected chi connectivity index (χ1v) is 8.65. The van der Waals surface area contributed by atoms with E-state index < -0.39 is 0 Å². The van der Waals surface area contributed by atoms with Crippen LogP contribution in [0.25, 0.3) is 38.9 Å². The van der Waals surface area contributed by atoms with Crippen molar-refractivity contribution in [3.8, 4) is 22.8 Å². The van der Waals surface area contributed by atoms with E-state index in [1.807, 2.05) is 55.9 Å². The second-order valence-corrected chi connectivity index (χ2v) is 6.65. The normalized spacial score (nSPS) is 11.6. The van der Waals surface area contributed by atoms with Crippen LogP contribution in [0.1, 0.15) is 5.69 Å². The lowest BCUT2D eigenvalue weighted by Crippen LogP contribution is -1.96. The van der Waals surface area contributed by atoms with Crippen LogP contribution in [0, 0.1) is 6.92 Å². The SMILES string of the molecule is Cc1cccc(-c2nc3sccn3c2-c2ccc3nnn(C)c3n2)n1. The van der Waals surface area contributed by atoms with Gasteiger partial charge in [-0.05, 0) is 31.2 Å². The molecule has 0 saturated carbocycles. The molecule has 5 rings (SSSR count). The second-order valence-electron chi connectivity index (χ2n) is 5.78. The molecule has 0 saturated heterocycles. The third-order valence-electron chi connectivity index (χ3n) is 4.08. The van der Waals surface area contributed by atoms with E-state index in [0.29, 0.717) is 0 Å². The average molecular weight is 347 g/mol. The van der Waals surface area contributed by atoms with E-state index in [9.17, 15) is 0 Å². The fourth-order valence-corrected chi connectivity index (χ4v) is 3.64. The van der Waals surface area contributed by atoms with Crippen molar-refractivity contribution in [2.24, 2.45) is 7.05 Å². The summed E-state index contributed by atoms with van der Waals surface area (Å²) in [7, 11) is 1.84. The summed E-state index contributed by atoms with van der Waals surface area (Å²) in [6.45, 7) is 1.98. The monoisotopic (exact) mass is 347 g/mol. The zero-order valence-corrected chi connectivity index (χ0v) is 14.4. The number of imidazole rings is 1. The summed E-state index contributed by atoms with van der Waals surface area (Å²) < 4.78 is 3.73. The van der Waals surface area contributed by atoms with Crippen LogP contribution < -0.4 is 0 Å². The van der Waals surface area contributed by atoms with Gasteiger partial charge in [0.2, 0.25) is 0 Å². The van der Waals surface area contributed by atoms with Crippen LogP contribution in [0.4, 0.5) is 0 Å². The molecule has 0 aliphatic carbocycles. The molecule has 0 aliphatic rings. The maximum atomic E-state index is 4.79. The van der Waals surface area contributed by atoms with Gasteiger partial charge in [0.05, 0.1) is 11.4 Å². The lowest BCUT2D eigenvalue weighted by atomic mass is 10.1. The molecule has 0 spiro atoms. The van der Waals surface area contributed by atoms with Gasteiger partial charge in [-0.15, -0.1) is 16.4 Å². The number of aryl methyl sites for hydroxylation is 2. The molecule has 0 aromatic carbocycles. The minimum Gasteiger partial charge on any atom is -0.288 e. The van der Waals surface area contributed by atoms with Crippen LogP contribution in [-0.4, -0.2) is 34.3 Å². The van der Waals surface area contributed by atoms with E-state index in [1.54, 1.807) is 16.0 Å². The average Bonchev–Trinajstić information content (AvgIpc) is 3.29. The van der Waals surface area contributed by atoms with Gasteiger partial charge in [0.1, 0.15) is 16.9 Å². The molecule has 0 bridgehead atoms. The summed E-state index contributed by atoms with van der Waals surface area (Å²) in [4.78, 5) is 15.1. The summed E-state index contributed by atoms with van der Waals surface area (Å²) in [5, 5.41) is 10.2. The first-order valence-electron chi connectivity index (χ1n) is 7.77. The third kappa shape index (κ3) is 2.14. The van der Waals surface area contributed by atoms with E-state index in [4.69, 9.17) is 9.97 Å². The van der Waals surface area contributed by atoms with Gasteiger partial charge in [-0.1, -0.05) is 11.3 Å². The van der Waals surface area contributed by atoms with Crippen molar-refractivity contribution in [1.29, 1.82) is 0 Å². The Hall–Kier alpha value is -3.13. The predicted octanol–water partition coefficient (Wildman–Crippen LogP) is 3.11. The summed E-state index contributed by atoms with van der Waals surface area (Å²) in [6.07, 6.45) is 2.01. The Morgan fingerprint density at radius 2 is 1.92 bits per heavy atom. The van der Waals surface area contributed by atoms with Crippen molar-refractivity contribution in [3.05, 3.63) is 47.6 Å². The number of pyridine rings is 2. The van der Waals surface area contributed by atoms with Crippen molar-refractivity contribution < 1.29 is 0 Å². The molecule has 7 nitrogen and oxygen atoms in total. The number of fused-ring (bicyclic) bond motifs is 2. The van der Waals surface area contributed by atoms with Crippen LogP contribution in [0.2, 0.25) is 0 Å². The van der Waals surface area contributed by atoms with E-state index in [1.165, 1.54) is 0 Å². The Bertz CT molecular complexity index is 1230. The molecule has 5 heterocycles. The van der Waals surface area contributed by atoms with Gasteiger partial charge in [-0.25, -0.2) is 14.6 Å². The lowest BCUT2D eigenvalue weighted by molar-refractivity contribution is 0.730. The molecule has 25 heavy (non-hydrogen) atoms. The molecule has 0 radical (unpaired) electrons. The molecule has 5 aromatic heterocycles. The highest BCUT2D eigenvalue weighted by atomic mass is 32.1. The van der Waals surface area contributed by atoms with Crippen LogP contribution >= 0.6 is 11.3 Å². The molecule has 5 aromatic rings. The minimum atomic E-state index is 0.742. The van der Waals surface area contributed by atoms with Crippen molar-refractivity contribution in [3.63, 3.8) is 0 Å². The fraction of sp³-hybridized carbons (Fsp3) is 0.118. The van der Waals surface area contributed by atoms with Gasteiger partial charge in [-0.3, -0.25) is 9.38 Å². The largest absolute Gasteiger partial charge is 0.288 e. The molecular formula is C17H13N7S. The number of aromatic nitrogens is 7. The summed E-state index contributed by atoms with van der Waals surface area (Å²) in [6, 6.07) is 9.85. The van der Waals surface area contributed by atoms with E-state index in [-0.39, 0.29) is 0 Å². The topological polar surface area (TPSA) is 73.8 Å². The molecule has 0 N–H and O–H groups in total. The molecular weight excluding hydrogens is 334 g/mol. The number of thiazole rings is 1. The first kappa shape index (κ1) is 14.2. The second kappa shape index (κ2) is 5.18. The number of rotatable bonds is 2. The molecule has 0 aliphatic heterocycles.